The first-order chi connectivity index (χ1) is 20.8. The Balaban J connectivity index is 1.50. The summed E-state index contributed by atoms with van der Waals surface area (Å²) in [6, 6.07) is 15.1. The van der Waals surface area contributed by atoms with Crippen molar-refractivity contribution in [3.63, 3.8) is 0 Å². The second-order valence-electron chi connectivity index (χ2n) is 10.6. The molecule has 43 heavy (non-hydrogen) atoms. The zero-order valence-corrected chi connectivity index (χ0v) is 25.2. The van der Waals surface area contributed by atoms with Gasteiger partial charge in [0.25, 0.3) is 5.78 Å². The molecule has 1 fully saturated rings. The van der Waals surface area contributed by atoms with Crippen molar-refractivity contribution in [2.24, 2.45) is 0 Å². The zero-order chi connectivity index (χ0) is 30.2. The minimum Gasteiger partial charge on any atom is -0.507 e. The minimum atomic E-state index is -0.968. The summed E-state index contributed by atoms with van der Waals surface area (Å²) >= 11 is 1.27. The van der Waals surface area contributed by atoms with Gasteiger partial charge in [-0.15, -0.1) is 0 Å². The van der Waals surface area contributed by atoms with Crippen molar-refractivity contribution >= 4 is 44.1 Å². The number of methoxy groups -OCH3 is 2. The molecule has 0 aliphatic carbocycles. The van der Waals surface area contributed by atoms with Crippen LogP contribution in [0.1, 0.15) is 49.4 Å². The molecule has 0 saturated carbocycles. The number of aliphatic hydroxyl groups is 1. The molecule has 1 aromatic heterocycles. The molecule has 1 saturated heterocycles. The average Bonchev–Trinajstić information content (AvgIpc) is 3.68. The van der Waals surface area contributed by atoms with E-state index in [1.807, 2.05) is 19.1 Å². The fourth-order valence-corrected chi connectivity index (χ4v) is 6.51. The van der Waals surface area contributed by atoms with E-state index in [-0.39, 0.29) is 17.4 Å². The van der Waals surface area contributed by atoms with Crippen molar-refractivity contribution < 1.29 is 33.6 Å². The molecule has 3 heterocycles. The van der Waals surface area contributed by atoms with E-state index in [4.69, 9.17) is 23.9 Å². The normalized spacial score (nSPS) is 19.0. The van der Waals surface area contributed by atoms with Crippen LogP contribution in [0, 0.1) is 0 Å². The molecular weight excluding hydrogens is 568 g/mol. The van der Waals surface area contributed by atoms with Gasteiger partial charge in [-0.25, -0.2) is 4.98 Å². The zero-order valence-electron chi connectivity index (χ0n) is 24.4. The lowest BCUT2D eigenvalue weighted by Gasteiger charge is -2.24. The van der Waals surface area contributed by atoms with Gasteiger partial charge >= 0.3 is 5.91 Å². The van der Waals surface area contributed by atoms with Gasteiger partial charge in [-0.3, -0.25) is 14.5 Å². The van der Waals surface area contributed by atoms with E-state index in [1.54, 1.807) is 49.6 Å². The van der Waals surface area contributed by atoms with Crippen molar-refractivity contribution in [2.45, 2.75) is 45.3 Å². The third-order valence-corrected chi connectivity index (χ3v) is 8.68. The van der Waals surface area contributed by atoms with Gasteiger partial charge < -0.3 is 24.1 Å². The number of carbonyl (C=O) groups excluding carboxylic acids is 2. The third-order valence-electron chi connectivity index (χ3n) is 7.66. The molecule has 3 aromatic carbocycles. The number of amides is 1. The van der Waals surface area contributed by atoms with E-state index in [0.29, 0.717) is 52.1 Å². The predicted octanol–water partition coefficient (Wildman–Crippen LogP) is 6.44. The molecule has 1 amide bonds. The van der Waals surface area contributed by atoms with Crippen LogP contribution in [0.15, 0.2) is 60.2 Å². The molecule has 2 aliphatic rings. The first kappa shape index (κ1) is 28.5. The fraction of sp³-hybridized carbons (Fsp3) is 0.303. The lowest BCUT2D eigenvalue weighted by atomic mass is 9.94. The molecule has 0 spiro atoms. The Labute approximate surface area is 253 Å². The summed E-state index contributed by atoms with van der Waals surface area (Å²) < 4.78 is 23.6. The highest BCUT2D eigenvalue weighted by Crippen LogP contribution is 2.46. The Morgan fingerprint density at radius 1 is 1.07 bits per heavy atom. The van der Waals surface area contributed by atoms with E-state index in [2.05, 4.69) is 6.92 Å². The summed E-state index contributed by atoms with van der Waals surface area (Å²) in [4.78, 5) is 33.6. The highest BCUT2D eigenvalue weighted by atomic mass is 32.1. The van der Waals surface area contributed by atoms with E-state index in [9.17, 15) is 14.7 Å². The topological polar surface area (TPSA) is 107 Å². The maximum Gasteiger partial charge on any atom is 0.301 e. The van der Waals surface area contributed by atoms with Gasteiger partial charge in [0.2, 0.25) is 0 Å². The van der Waals surface area contributed by atoms with Crippen molar-refractivity contribution in [3.8, 4) is 23.0 Å². The summed E-state index contributed by atoms with van der Waals surface area (Å²) in [6.45, 7) is 4.58. The summed E-state index contributed by atoms with van der Waals surface area (Å²) in [6.07, 6.45) is 2.57. The van der Waals surface area contributed by atoms with Crippen molar-refractivity contribution in [3.05, 3.63) is 76.9 Å². The van der Waals surface area contributed by atoms with Crippen LogP contribution in [-0.2, 0) is 16.0 Å². The van der Waals surface area contributed by atoms with Crippen LogP contribution in [0.5, 0.6) is 23.0 Å². The molecule has 6 rings (SSSR count). The van der Waals surface area contributed by atoms with Gasteiger partial charge in [-0.1, -0.05) is 30.7 Å². The van der Waals surface area contributed by atoms with Crippen molar-refractivity contribution in [2.75, 3.05) is 25.7 Å². The molecule has 4 aromatic rings. The monoisotopic (exact) mass is 600 g/mol. The molecular formula is C33H32N2O7S. The van der Waals surface area contributed by atoms with Crippen LogP contribution in [0.2, 0.25) is 0 Å². The lowest BCUT2D eigenvalue weighted by molar-refractivity contribution is -0.132. The number of aliphatic hydroxyl groups excluding tert-OH is 1. The smallest absolute Gasteiger partial charge is 0.301 e. The predicted molar refractivity (Wildman–Crippen MR) is 165 cm³/mol. The number of hydrogen-bond donors (Lipinski definition) is 1. The van der Waals surface area contributed by atoms with Crippen molar-refractivity contribution in [1.82, 2.24) is 4.98 Å². The Bertz CT molecular complexity index is 1760. The van der Waals surface area contributed by atoms with Crippen LogP contribution >= 0.6 is 11.3 Å². The van der Waals surface area contributed by atoms with Crippen LogP contribution in [0.4, 0.5) is 5.13 Å². The fourth-order valence-electron chi connectivity index (χ4n) is 5.49. The molecule has 0 radical (unpaired) electrons. The average molecular weight is 601 g/mol. The number of anilines is 1. The number of rotatable bonds is 9. The van der Waals surface area contributed by atoms with Gasteiger partial charge in [-0.05, 0) is 73.0 Å². The van der Waals surface area contributed by atoms with Crippen LogP contribution in [0.25, 0.3) is 16.0 Å². The van der Waals surface area contributed by atoms with Gasteiger partial charge in [0, 0.05) is 12.0 Å². The number of Topliss-reactive ketones (excluding diaryl/α,β-unsaturated/α-hetero) is 1. The van der Waals surface area contributed by atoms with Crippen LogP contribution < -0.4 is 23.8 Å². The quantitative estimate of drug-likeness (QED) is 0.101. The Morgan fingerprint density at radius 2 is 1.91 bits per heavy atom. The van der Waals surface area contributed by atoms with Gasteiger partial charge in [0.1, 0.15) is 23.4 Å². The molecule has 1 N–H and O–H groups in total. The van der Waals surface area contributed by atoms with Gasteiger partial charge in [0.15, 0.2) is 16.6 Å². The van der Waals surface area contributed by atoms with E-state index < -0.39 is 17.7 Å². The van der Waals surface area contributed by atoms with Gasteiger partial charge in [0.05, 0.1) is 42.7 Å². The SMILES string of the molecule is CCCCOc1ccc([C@H]2/C(=C(\O)c3ccc4c(c3)C[C@H](C)O4)C(=O)C(=O)N2c2nc3ccc(OC)cc3s2)cc1OC. The minimum absolute atomic E-state index is 0.0150. The van der Waals surface area contributed by atoms with E-state index in [0.717, 1.165) is 28.9 Å². The summed E-state index contributed by atoms with van der Waals surface area (Å²) in [7, 11) is 3.12. The number of ketones is 1. The number of nitrogens with zero attached hydrogens (tertiary/aromatic N) is 2. The van der Waals surface area contributed by atoms with E-state index in [1.165, 1.54) is 23.3 Å². The highest BCUT2D eigenvalue weighted by Gasteiger charge is 2.48. The second kappa shape index (κ2) is 11.6. The van der Waals surface area contributed by atoms with Crippen LogP contribution in [0.3, 0.4) is 0 Å². The number of carbonyl (C=O) groups is 2. The lowest BCUT2D eigenvalue weighted by Crippen LogP contribution is -2.29. The van der Waals surface area contributed by atoms with E-state index >= 15 is 0 Å². The molecule has 0 unspecified atom stereocenters. The Hall–Kier alpha value is -4.57. The van der Waals surface area contributed by atoms with Gasteiger partial charge in [-0.2, -0.15) is 0 Å². The molecule has 9 nitrogen and oxygen atoms in total. The maximum absolute atomic E-state index is 13.8. The molecule has 2 aliphatic heterocycles. The number of hydrogen-bond acceptors (Lipinski definition) is 9. The first-order valence-corrected chi connectivity index (χ1v) is 15.0. The Kier molecular flexibility index (Phi) is 7.70. The summed E-state index contributed by atoms with van der Waals surface area (Å²) in [5.74, 6) is 0.560. The number of unbranched alkanes of at least 4 members (excludes halogenated alkanes) is 1. The number of benzene rings is 3. The third kappa shape index (κ3) is 5.16. The number of fused-ring (bicyclic) bond motifs is 2. The summed E-state index contributed by atoms with van der Waals surface area (Å²) in [5.41, 5.74) is 2.55. The highest BCUT2D eigenvalue weighted by molar-refractivity contribution is 7.22. The standard InChI is InChI=1S/C33H32N2O7S/c1-5-6-13-41-25-12-7-19(16-26(25)40-4)29-28(30(36)20-8-11-24-21(15-20)14-18(2)42-24)31(37)32(38)35(29)33-34-23-10-9-22(39-3)17-27(23)43-33/h7-12,15-18,29,36H,5-6,13-14H2,1-4H3/b30-28+/t18-,29-/m0/s1. The first-order valence-electron chi connectivity index (χ1n) is 14.2. The largest absolute Gasteiger partial charge is 0.507 e. The number of thiazole rings is 1. The second-order valence-corrected chi connectivity index (χ2v) is 11.6. The van der Waals surface area contributed by atoms with Crippen molar-refractivity contribution in [1.29, 1.82) is 0 Å². The Morgan fingerprint density at radius 3 is 2.67 bits per heavy atom. The number of ether oxygens (including phenoxy) is 4. The maximum atomic E-state index is 13.8. The molecule has 0 bridgehead atoms. The molecule has 2 atom stereocenters. The summed E-state index contributed by atoms with van der Waals surface area (Å²) in [5, 5.41) is 12.0. The number of aromatic nitrogens is 1. The molecule has 10 heteroatoms. The van der Waals surface area contributed by atoms with Crippen LogP contribution in [-0.4, -0.2) is 48.7 Å². The molecule has 222 valence electrons.